The lowest BCUT2D eigenvalue weighted by atomic mass is 10.1. The maximum absolute atomic E-state index is 6.12. The summed E-state index contributed by atoms with van der Waals surface area (Å²) in [6, 6.07) is 6.10. The number of H-pyrrole nitrogens is 2. The lowest BCUT2D eigenvalue weighted by Crippen LogP contribution is -2.32. The quantitative estimate of drug-likeness (QED) is 0.280. The van der Waals surface area contributed by atoms with Crippen LogP contribution in [-0.2, 0) is 11.2 Å². The van der Waals surface area contributed by atoms with Crippen LogP contribution in [0.1, 0.15) is 38.3 Å². The molecule has 170 valence electrons. The largest absolute Gasteiger partial charge is 0.493 e. The Morgan fingerprint density at radius 1 is 1.19 bits per heavy atom. The van der Waals surface area contributed by atoms with Crippen molar-refractivity contribution >= 4 is 10.9 Å². The summed E-state index contributed by atoms with van der Waals surface area (Å²) >= 11 is 0. The van der Waals surface area contributed by atoms with E-state index in [1.54, 1.807) is 0 Å². The lowest BCUT2D eigenvalue weighted by Gasteiger charge is -2.26. The molecule has 0 bridgehead atoms. The molecule has 2 N–H and O–H groups in total. The number of aromatic amines is 2. The highest BCUT2D eigenvalue weighted by Gasteiger charge is 2.11. The molecule has 3 aromatic rings. The van der Waals surface area contributed by atoms with Gasteiger partial charge in [0, 0.05) is 29.6 Å². The van der Waals surface area contributed by atoms with Gasteiger partial charge >= 0.3 is 0 Å². The van der Waals surface area contributed by atoms with Gasteiger partial charge in [-0.25, -0.2) is 4.98 Å². The van der Waals surface area contributed by atoms with E-state index in [-0.39, 0.29) is 0 Å². The Hall–Kier alpha value is -3.19. The van der Waals surface area contributed by atoms with Gasteiger partial charge in [-0.3, -0.25) is 15.1 Å². The second kappa shape index (κ2) is 12.6. The fourth-order valence-corrected chi connectivity index (χ4v) is 3.80. The molecule has 1 saturated heterocycles. The molecule has 0 atom stereocenters. The Morgan fingerprint density at radius 3 is 2.78 bits per heavy atom. The van der Waals surface area contributed by atoms with Crippen LogP contribution in [0.5, 0.6) is 0 Å². The molecule has 1 aromatic carbocycles. The van der Waals surface area contributed by atoms with Crippen LogP contribution in [0.25, 0.3) is 22.3 Å². The minimum Gasteiger partial charge on any atom is -0.493 e. The number of ether oxygens (including phenoxy) is 1. The van der Waals surface area contributed by atoms with Gasteiger partial charge in [0.15, 0.2) is 5.82 Å². The number of likely N-dealkylation sites (tertiary alicyclic amines) is 1. The molecule has 0 spiro atoms. The number of aromatic nitrogens is 5. The first-order chi connectivity index (χ1) is 15.8. The van der Waals surface area contributed by atoms with Gasteiger partial charge in [-0.1, -0.05) is 19.4 Å². The van der Waals surface area contributed by atoms with Gasteiger partial charge in [-0.2, -0.15) is 10.2 Å². The van der Waals surface area contributed by atoms with Gasteiger partial charge in [0.05, 0.1) is 5.52 Å². The fraction of sp³-hybridized carbons (Fsp3) is 0.400. The summed E-state index contributed by atoms with van der Waals surface area (Å²) in [4.78, 5) is 6.74. The summed E-state index contributed by atoms with van der Waals surface area (Å²) in [6.45, 7) is 12.2. The summed E-state index contributed by atoms with van der Waals surface area (Å²) < 4.78 is 6.12. The van der Waals surface area contributed by atoms with E-state index in [0.717, 1.165) is 59.7 Å². The van der Waals surface area contributed by atoms with Crippen molar-refractivity contribution in [3.05, 3.63) is 67.4 Å². The first-order valence-electron chi connectivity index (χ1n) is 11.4. The van der Waals surface area contributed by atoms with Gasteiger partial charge in [0.1, 0.15) is 18.7 Å². The highest BCUT2D eigenvalue weighted by atomic mass is 16.5. The van der Waals surface area contributed by atoms with Crippen LogP contribution in [-0.4, -0.2) is 56.5 Å². The second-order valence-electron chi connectivity index (χ2n) is 7.64. The number of piperidine rings is 1. The minimum atomic E-state index is 0.721. The maximum Gasteiger partial charge on any atom is 0.155 e. The third-order valence-corrected chi connectivity index (χ3v) is 5.47. The molecule has 4 rings (SSSR count). The van der Waals surface area contributed by atoms with E-state index in [9.17, 15) is 0 Å². The van der Waals surface area contributed by atoms with Gasteiger partial charge < -0.3 is 4.74 Å². The fourth-order valence-electron chi connectivity index (χ4n) is 3.80. The molecular formula is C25H34N6O. The third-order valence-electron chi connectivity index (χ3n) is 5.47. The van der Waals surface area contributed by atoms with E-state index in [1.807, 2.05) is 12.1 Å². The molecule has 2 aromatic heterocycles. The van der Waals surface area contributed by atoms with Crippen molar-refractivity contribution in [2.45, 2.75) is 39.0 Å². The number of rotatable bonds is 9. The van der Waals surface area contributed by atoms with E-state index in [0.29, 0.717) is 0 Å². The standard InChI is InChI=1S/C23H30N6O.C2H4/c1-2-3-7-19(30-15-14-29-12-5-4-6-13-29)9-11-22-20-16-18(23-24-17-25-28-23)8-10-21(20)26-27-22;1-2/h3,7-10,16-17H,2,4-6,11-15H2,1H3,(H,26,27)(H,24,25,28);1-2H2/b7-3-,19-9+;. The van der Waals surface area contributed by atoms with Crippen molar-refractivity contribution in [3.8, 4) is 11.4 Å². The Bertz CT molecular complexity index is 999. The molecule has 0 aliphatic carbocycles. The van der Waals surface area contributed by atoms with Gasteiger partial charge in [0.25, 0.3) is 0 Å². The van der Waals surface area contributed by atoms with Crippen molar-refractivity contribution in [1.29, 1.82) is 0 Å². The van der Waals surface area contributed by atoms with Crippen molar-refractivity contribution in [2.24, 2.45) is 0 Å². The zero-order valence-corrected chi connectivity index (χ0v) is 19.0. The predicted octanol–water partition coefficient (Wildman–Crippen LogP) is 5.05. The average Bonchev–Trinajstić information content (AvgIpc) is 3.52. The number of fused-ring (bicyclic) bond motifs is 1. The van der Waals surface area contributed by atoms with Crippen LogP contribution in [0.3, 0.4) is 0 Å². The van der Waals surface area contributed by atoms with Gasteiger partial charge in [-0.15, -0.1) is 13.2 Å². The second-order valence-corrected chi connectivity index (χ2v) is 7.64. The molecule has 0 radical (unpaired) electrons. The monoisotopic (exact) mass is 434 g/mol. The number of hydrogen-bond acceptors (Lipinski definition) is 5. The van der Waals surface area contributed by atoms with E-state index < -0.39 is 0 Å². The summed E-state index contributed by atoms with van der Waals surface area (Å²) in [6.07, 6.45) is 13.6. The molecule has 0 amide bonds. The SMILES string of the molecule is C=C.CC/C=C\C(=C/Cc1[nH]nc2ccc(-c3ncn[nH]3)cc12)OCCN1CCCCC1. The summed E-state index contributed by atoms with van der Waals surface area (Å²) in [5.74, 6) is 1.68. The van der Waals surface area contributed by atoms with Crippen LogP contribution >= 0.6 is 0 Å². The maximum atomic E-state index is 6.12. The topological polar surface area (TPSA) is 82.7 Å². The van der Waals surface area contributed by atoms with Crippen LogP contribution in [0, 0.1) is 0 Å². The van der Waals surface area contributed by atoms with Crippen LogP contribution in [0.4, 0.5) is 0 Å². The highest BCUT2D eigenvalue weighted by molar-refractivity contribution is 5.85. The molecule has 1 aliphatic heterocycles. The highest BCUT2D eigenvalue weighted by Crippen LogP contribution is 2.23. The Balaban J connectivity index is 0.00000141. The summed E-state index contributed by atoms with van der Waals surface area (Å²) in [7, 11) is 0. The van der Waals surface area contributed by atoms with Crippen LogP contribution < -0.4 is 0 Å². The zero-order valence-electron chi connectivity index (χ0n) is 19.0. The van der Waals surface area contributed by atoms with E-state index in [4.69, 9.17) is 4.74 Å². The van der Waals surface area contributed by atoms with Gasteiger partial charge in [-0.05, 0) is 62.7 Å². The van der Waals surface area contributed by atoms with Crippen molar-refractivity contribution in [1.82, 2.24) is 30.3 Å². The third kappa shape index (κ3) is 6.40. The van der Waals surface area contributed by atoms with Crippen LogP contribution in [0.2, 0.25) is 0 Å². The molecule has 1 aliphatic rings. The Morgan fingerprint density at radius 2 is 2.03 bits per heavy atom. The molecular weight excluding hydrogens is 400 g/mol. The van der Waals surface area contributed by atoms with Crippen molar-refractivity contribution in [3.63, 3.8) is 0 Å². The molecule has 32 heavy (non-hydrogen) atoms. The smallest absolute Gasteiger partial charge is 0.155 e. The van der Waals surface area contributed by atoms with Crippen molar-refractivity contribution < 1.29 is 4.74 Å². The summed E-state index contributed by atoms with van der Waals surface area (Å²) in [5, 5.41) is 15.6. The minimum absolute atomic E-state index is 0.721. The van der Waals surface area contributed by atoms with Crippen LogP contribution in [0.15, 0.2) is 61.7 Å². The normalized spacial score (nSPS) is 15.1. The Labute approximate surface area is 190 Å². The number of hydrogen-bond donors (Lipinski definition) is 2. The average molecular weight is 435 g/mol. The van der Waals surface area contributed by atoms with Gasteiger partial charge in [0.2, 0.25) is 0 Å². The molecule has 7 nitrogen and oxygen atoms in total. The van der Waals surface area contributed by atoms with Crippen molar-refractivity contribution in [2.75, 3.05) is 26.2 Å². The first kappa shape index (κ1) is 23.5. The molecule has 1 fully saturated rings. The van der Waals surface area contributed by atoms with E-state index in [2.05, 4.69) is 74.7 Å². The number of benzene rings is 1. The zero-order chi connectivity index (χ0) is 22.6. The van der Waals surface area contributed by atoms with E-state index in [1.165, 1.54) is 38.7 Å². The Kier molecular flexibility index (Phi) is 9.25. The van der Waals surface area contributed by atoms with E-state index >= 15 is 0 Å². The predicted molar refractivity (Wildman–Crippen MR) is 130 cm³/mol. The molecule has 0 unspecified atom stereocenters. The molecule has 0 saturated carbocycles. The number of nitrogens with zero attached hydrogens (tertiary/aromatic N) is 4. The summed E-state index contributed by atoms with van der Waals surface area (Å²) in [5.41, 5.74) is 3.00. The molecule has 3 heterocycles. The first-order valence-corrected chi connectivity index (χ1v) is 11.4. The molecule has 7 heteroatoms. The lowest BCUT2D eigenvalue weighted by molar-refractivity contribution is 0.148. The number of allylic oxidation sites excluding steroid dienone is 3. The number of nitrogens with one attached hydrogen (secondary N) is 2.